The van der Waals surface area contributed by atoms with Crippen LogP contribution in [-0.2, 0) is 0 Å². The van der Waals surface area contributed by atoms with E-state index in [1.165, 1.54) is 0 Å². The van der Waals surface area contributed by atoms with Crippen LogP contribution in [-0.4, -0.2) is 17.7 Å². The molecule has 0 spiro atoms. The van der Waals surface area contributed by atoms with E-state index in [1.807, 2.05) is 12.1 Å². The molecule has 19 heavy (non-hydrogen) atoms. The third kappa shape index (κ3) is 3.28. The fourth-order valence-corrected chi connectivity index (χ4v) is 1.79. The minimum atomic E-state index is -0.546. The van der Waals surface area contributed by atoms with Crippen molar-refractivity contribution in [1.29, 1.82) is 0 Å². The van der Waals surface area contributed by atoms with E-state index in [4.69, 9.17) is 0 Å². The maximum atomic E-state index is 12.1. The van der Waals surface area contributed by atoms with Crippen LogP contribution < -0.4 is 5.32 Å². The first-order valence-electron chi connectivity index (χ1n) is 6.13. The predicted molar refractivity (Wildman–Crippen MR) is 74.1 cm³/mol. The van der Waals surface area contributed by atoms with Crippen molar-refractivity contribution in [1.82, 2.24) is 5.32 Å². The molecule has 0 aliphatic rings. The van der Waals surface area contributed by atoms with E-state index >= 15 is 0 Å². The van der Waals surface area contributed by atoms with Gasteiger partial charge in [-0.25, -0.2) is 0 Å². The van der Waals surface area contributed by atoms with Gasteiger partial charge in [0.1, 0.15) is 0 Å². The molecule has 0 aromatic heterocycles. The van der Waals surface area contributed by atoms with Crippen molar-refractivity contribution >= 4 is 11.7 Å². The average molecular weight is 255 g/mol. The largest absolute Gasteiger partial charge is 0.342 e. The van der Waals surface area contributed by atoms with Gasteiger partial charge in [0.25, 0.3) is 5.91 Å². The fraction of sp³-hybridized carbons (Fsp3) is 0.125. The van der Waals surface area contributed by atoms with Gasteiger partial charge in [-0.1, -0.05) is 48.5 Å². The molecule has 1 atom stereocenters. The number of carbonyl (C=O) groups excluding carboxylic acids is 2. The van der Waals surface area contributed by atoms with Gasteiger partial charge >= 0.3 is 0 Å². The maximum absolute atomic E-state index is 12.1. The molecule has 3 heteroatoms. The molecule has 2 rings (SSSR count). The lowest BCUT2D eigenvalue weighted by molar-refractivity contribution is 0.0865. The SMILES string of the molecule is CC(NC(=O)c1ccccc1)C(=[18O])c1ccccc1. The van der Waals surface area contributed by atoms with Gasteiger partial charge in [0.2, 0.25) is 0 Å². The molecule has 0 fully saturated rings. The predicted octanol–water partition coefficient (Wildman–Crippen LogP) is 2.69. The lowest BCUT2D eigenvalue weighted by Gasteiger charge is -2.12. The molecular weight excluding hydrogens is 240 g/mol. The number of ketones is 1. The highest BCUT2D eigenvalue weighted by Crippen LogP contribution is 2.05. The van der Waals surface area contributed by atoms with E-state index in [1.54, 1.807) is 55.5 Å². The quantitative estimate of drug-likeness (QED) is 0.674. The number of rotatable bonds is 4. The molecule has 0 saturated carbocycles. The minimum absolute atomic E-state index is 0.0927. The van der Waals surface area contributed by atoms with E-state index < -0.39 is 6.04 Å². The summed E-state index contributed by atoms with van der Waals surface area (Å²) < 4.78 is 0. The van der Waals surface area contributed by atoms with Crippen LogP contribution in [0.15, 0.2) is 60.7 Å². The second-order valence-corrected chi connectivity index (χ2v) is 4.29. The van der Waals surface area contributed by atoms with E-state index in [-0.39, 0.29) is 11.7 Å². The Bertz CT molecular complexity index is 564. The summed E-state index contributed by atoms with van der Waals surface area (Å²) in [7, 11) is 0. The minimum Gasteiger partial charge on any atom is -0.342 e. The highest BCUT2D eigenvalue weighted by molar-refractivity contribution is 6.04. The first-order valence-corrected chi connectivity index (χ1v) is 6.13. The van der Waals surface area contributed by atoms with Crippen molar-refractivity contribution in [2.75, 3.05) is 0 Å². The Kier molecular flexibility index (Phi) is 4.08. The molecule has 1 N–H and O–H groups in total. The third-order valence-corrected chi connectivity index (χ3v) is 2.84. The van der Waals surface area contributed by atoms with Gasteiger partial charge in [0.05, 0.1) is 6.04 Å². The lowest BCUT2D eigenvalue weighted by Crippen LogP contribution is -2.38. The molecule has 0 saturated heterocycles. The number of hydrogen-bond donors (Lipinski definition) is 1. The summed E-state index contributed by atoms with van der Waals surface area (Å²) in [6, 6.07) is 17.3. The van der Waals surface area contributed by atoms with Crippen molar-refractivity contribution in [3.05, 3.63) is 71.8 Å². The highest BCUT2D eigenvalue weighted by Gasteiger charge is 2.17. The standard InChI is InChI=1S/C16H15NO2/c1-12(15(18)13-8-4-2-5-9-13)17-16(19)14-10-6-3-7-11-14/h2-12H,1H3,(H,17,19)/i18+2. The van der Waals surface area contributed by atoms with Crippen LogP contribution in [0.1, 0.15) is 27.6 Å². The van der Waals surface area contributed by atoms with E-state index in [9.17, 15) is 9.59 Å². The summed E-state index contributed by atoms with van der Waals surface area (Å²) in [6.07, 6.45) is 0. The number of Topliss-reactive ketones (excluding diaryl/α,β-unsaturated/α-hetero) is 1. The number of hydrogen-bond acceptors (Lipinski definition) is 2. The number of carbonyl (C=O) groups is 2. The maximum Gasteiger partial charge on any atom is 0.251 e. The molecule has 2 aromatic rings. The molecule has 0 heterocycles. The first kappa shape index (κ1) is 13.0. The van der Waals surface area contributed by atoms with Crippen LogP contribution >= 0.6 is 0 Å². The second kappa shape index (κ2) is 5.96. The Labute approximate surface area is 112 Å². The van der Waals surface area contributed by atoms with E-state index in [2.05, 4.69) is 5.32 Å². The zero-order valence-electron chi connectivity index (χ0n) is 10.7. The number of nitrogens with one attached hydrogen (secondary N) is 1. The molecule has 2 aromatic carbocycles. The van der Waals surface area contributed by atoms with Gasteiger partial charge in [-0.3, -0.25) is 9.59 Å². The third-order valence-electron chi connectivity index (χ3n) is 2.84. The summed E-state index contributed by atoms with van der Waals surface area (Å²) in [5.41, 5.74) is 1.15. The number of amides is 1. The summed E-state index contributed by atoms with van der Waals surface area (Å²) in [4.78, 5) is 24.0. The molecule has 1 amide bonds. The smallest absolute Gasteiger partial charge is 0.251 e. The van der Waals surface area contributed by atoms with Gasteiger partial charge in [-0.2, -0.15) is 0 Å². The summed E-state index contributed by atoms with van der Waals surface area (Å²) >= 11 is 0. The molecule has 3 nitrogen and oxygen atoms in total. The zero-order valence-corrected chi connectivity index (χ0v) is 10.7. The van der Waals surface area contributed by atoms with Gasteiger partial charge in [-0.05, 0) is 19.1 Å². The van der Waals surface area contributed by atoms with Crippen molar-refractivity contribution in [2.45, 2.75) is 13.0 Å². The Morgan fingerprint density at radius 2 is 1.42 bits per heavy atom. The van der Waals surface area contributed by atoms with Crippen molar-refractivity contribution < 1.29 is 9.59 Å². The van der Waals surface area contributed by atoms with Crippen LogP contribution in [0.4, 0.5) is 0 Å². The Morgan fingerprint density at radius 3 is 1.95 bits per heavy atom. The lowest BCUT2D eigenvalue weighted by atomic mass is 10.1. The molecule has 96 valence electrons. The second-order valence-electron chi connectivity index (χ2n) is 4.29. The Hall–Kier alpha value is -2.42. The molecule has 1 unspecified atom stereocenters. The van der Waals surface area contributed by atoms with Crippen LogP contribution in [0.5, 0.6) is 0 Å². The summed E-state index contributed by atoms with van der Waals surface area (Å²) in [5.74, 6) is -0.331. The highest BCUT2D eigenvalue weighted by atomic mass is 18.1. The van der Waals surface area contributed by atoms with Gasteiger partial charge in [0, 0.05) is 11.1 Å². The molecule has 0 aliphatic carbocycles. The molecule has 0 bridgehead atoms. The van der Waals surface area contributed by atoms with E-state index in [0.29, 0.717) is 11.1 Å². The monoisotopic (exact) mass is 255 g/mol. The first-order chi connectivity index (χ1) is 9.18. The summed E-state index contributed by atoms with van der Waals surface area (Å²) in [5, 5.41) is 2.71. The molecule has 0 radical (unpaired) electrons. The van der Waals surface area contributed by atoms with Gasteiger partial charge < -0.3 is 5.32 Å². The van der Waals surface area contributed by atoms with Gasteiger partial charge in [0.15, 0.2) is 5.78 Å². The molecular formula is C16H15NO2. The van der Waals surface area contributed by atoms with Gasteiger partial charge in [-0.15, -0.1) is 0 Å². The molecule has 0 aliphatic heterocycles. The van der Waals surface area contributed by atoms with Crippen molar-refractivity contribution in [3.63, 3.8) is 0 Å². The Morgan fingerprint density at radius 1 is 0.947 bits per heavy atom. The van der Waals surface area contributed by atoms with Crippen LogP contribution in [0, 0.1) is 0 Å². The average Bonchev–Trinajstić information content (AvgIpc) is 2.48. The number of benzene rings is 2. The topological polar surface area (TPSA) is 46.2 Å². The Balaban J connectivity index is 2.04. The summed E-state index contributed by atoms with van der Waals surface area (Å²) in [6.45, 7) is 1.69. The fourth-order valence-electron chi connectivity index (χ4n) is 1.79. The van der Waals surface area contributed by atoms with Crippen LogP contribution in [0.25, 0.3) is 0 Å². The van der Waals surface area contributed by atoms with Crippen LogP contribution in [0.3, 0.4) is 0 Å². The van der Waals surface area contributed by atoms with Crippen molar-refractivity contribution in [3.8, 4) is 0 Å². The normalized spacial score (nSPS) is 11.6. The van der Waals surface area contributed by atoms with Crippen molar-refractivity contribution in [2.24, 2.45) is 0 Å². The van der Waals surface area contributed by atoms with E-state index in [0.717, 1.165) is 0 Å². The zero-order chi connectivity index (χ0) is 13.7. The van der Waals surface area contributed by atoms with Crippen LogP contribution in [0.2, 0.25) is 0 Å².